The molecule has 2 saturated heterocycles. The fourth-order valence-electron chi connectivity index (χ4n) is 6.79. The fraction of sp³-hybridized carbons (Fsp3) is 0.341. The van der Waals surface area contributed by atoms with Gasteiger partial charge in [-0.1, -0.05) is 110 Å². The minimum absolute atomic E-state index is 0.0128. The molecule has 0 aromatic heterocycles. The molecule has 2 aliphatic rings. The lowest BCUT2D eigenvalue weighted by Crippen LogP contribution is -2.49. The van der Waals surface area contributed by atoms with E-state index in [1.165, 1.54) is 6.08 Å². The number of carbonyl (C=O) groups excluding carboxylic acids is 1. The molecule has 50 heavy (non-hydrogen) atoms. The largest absolute Gasteiger partial charge is 0.445 e. The Balaban J connectivity index is 1.16. The minimum atomic E-state index is -0.877. The summed E-state index contributed by atoms with van der Waals surface area (Å²) < 4.78 is 18.5. The van der Waals surface area contributed by atoms with E-state index in [0.717, 1.165) is 52.0 Å². The minimum Gasteiger partial charge on any atom is -0.445 e. The summed E-state index contributed by atoms with van der Waals surface area (Å²) in [5, 5.41) is 24.5. The molecule has 2 aliphatic heterocycles. The van der Waals surface area contributed by atoms with Gasteiger partial charge in [-0.3, -0.25) is 0 Å². The van der Waals surface area contributed by atoms with Crippen LogP contribution >= 0.6 is 11.6 Å². The number of rotatable bonds is 11. The standard InChI is InChI=1S/C41H45ClN2O6/c1-3-23-48-40(46)43-25-30-5-4-6-34(24-30)31-11-13-33(14-12-31)39-49-37(28(2)38(50-39)32-9-7-29(27-45)8-10-32)26-44-21-19-41(47,20-22-44)35-15-17-36(42)18-16-35/h3-18,24,28,37-39,45,47H,1,19-23,25-27H2,2H3,(H,43,46). The van der Waals surface area contributed by atoms with Gasteiger partial charge in [-0.15, -0.1) is 0 Å². The van der Waals surface area contributed by atoms with E-state index in [9.17, 15) is 15.0 Å². The number of amides is 1. The molecule has 4 aromatic carbocycles. The normalized spacial score (nSPS) is 22.1. The average Bonchev–Trinajstić information content (AvgIpc) is 3.15. The van der Waals surface area contributed by atoms with Gasteiger partial charge in [-0.2, -0.15) is 0 Å². The SMILES string of the molecule is C=CCOC(=O)NCc1cccc(-c2ccc(C3OC(CN4CCC(O)(c5ccc(Cl)cc5)CC4)C(C)C(c4ccc(CO)cc4)O3)cc2)c1. The lowest BCUT2D eigenvalue weighted by atomic mass is 9.84. The summed E-state index contributed by atoms with van der Waals surface area (Å²) in [4.78, 5) is 14.3. The quantitative estimate of drug-likeness (QED) is 0.138. The van der Waals surface area contributed by atoms with Crippen LogP contribution in [0, 0.1) is 5.92 Å². The molecule has 8 nitrogen and oxygen atoms in total. The zero-order valence-corrected chi connectivity index (χ0v) is 29.1. The number of nitrogens with one attached hydrogen (secondary N) is 1. The number of alkyl carbamates (subject to hydrolysis) is 1. The van der Waals surface area contributed by atoms with Crippen molar-refractivity contribution in [2.75, 3.05) is 26.2 Å². The van der Waals surface area contributed by atoms with Crippen molar-refractivity contribution in [3.8, 4) is 11.1 Å². The third kappa shape index (κ3) is 8.64. The van der Waals surface area contributed by atoms with E-state index in [1.807, 2.05) is 84.9 Å². The fourth-order valence-corrected chi connectivity index (χ4v) is 6.92. The molecule has 2 fully saturated rings. The van der Waals surface area contributed by atoms with Gasteiger partial charge in [0.05, 0.1) is 24.4 Å². The van der Waals surface area contributed by atoms with Crippen molar-refractivity contribution < 1.29 is 29.2 Å². The van der Waals surface area contributed by atoms with E-state index in [1.54, 1.807) is 0 Å². The number of nitrogens with zero attached hydrogens (tertiary/aromatic N) is 1. The first-order valence-electron chi connectivity index (χ1n) is 17.2. The molecule has 0 bridgehead atoms. The van der Waals surface area contributed by atoms with Crippen LogP contribution in [-0.4, -0.2) is 53.6 Å². The lowest BCUT2D eigenvalue weighted by Gasteiger charge is -2.45. The van der Waals surface area contributed by atoms with Crippen molar-refractivity contribution in [1.82, 2.24) is 10.2 Å². The van der Waals surface area contributed by atoms with E-state index >= 15 is 0 Å². The highest BCUT2D eigenvalue weighted by molar-refractivity contribution is 6.30. The highest BCUT2D eigenvalue weighted by Gasteiger charge is 2.41. The first-order valence-corrected chi connectivity index (χ1v) is 17.5. The number of hydrogen-bond acceptors (Lipinski definition) is 7. The first kappa shape index (κ1) is 35.8. The van der Waals surface area contributed by atoms with Gasteiger partial charge >= 0.3 is 6.09 Å². The molecule has 4 atom stereocenters. The third-order valence-electron chi connectivity index (χ3n) is 9.84. The van der Waals surface area contributed by atoms with Crippen molar-refractivity contribution >= 4 is 17.7 Å². The molecule has 1 amide bonds. The Morgan fingerprint density at radius 3 is 2.34 bits per heavy atom. The summed E-state index contributed by atoms with van der Waals surface area (Å²) in [5.41, 5.74) is 5.85. The molecular weight excluding hydrogens is 652 g/mol. The Labute approximate surface area is 299 Å². The van der Waals surface area contributed by atoms with Crippen LogP contribution in [0.15, 0.2) is 110 Å². The number of carbonyl (C=O) groups is 1. The number of hydrogen-bond donors (Lipinski definition) is 3. The Morgan fingerprint density at radius 1 is 0.960 bits per heavy atom. The second-order valence-corrected chi connectivity index (χ2v) is 13.7. The van der Waals surface area contributed by atoms with Crippen LogP contribution in [0.2, 0.25) is 5.02 Å². The second-order valence-electron chi connectivity index (χ2n) is 13.2. The van der Waals surface area contributed by atoms with Gasteiger partial charge in [0.1, 0.15) is 6.61 Å². The molecular formula is C41H45ClN2O6. The number of aliphatic hydroxyl groups is 2. The topological polar surface area (TPSA) is 100 Å². The van der Waals surface area contributed by atoms with Crippen molar-refractivity contribution in [1.29, 1.82) is 0 Å². The summed E-state index contributed by atoms with van der Waals surface area (Å²) in [6.45, 7) is 8.43. The Hall–Kier alpha value is -4.02. The van der Waals surface area contributed by atoms with E-state index < -0.39 is 18.0 Å². The highest BCUT2D eigenvalue weighted by atomic mass is 35.5. The first-order chi connectivity index (χ1) is 24.2. The van der Waals surface area contributed by atoms with E-state index in [4.69, 9.17) is 25.8 Å². The molecule has 4 unspecified atom stereocenters. The van der Waals surface area contributed by atoms with Crippen molar-refractivity contribution in [3.05, 3.63) is 143 Å². The van der Waals surface area contributed by atoms with Gasteiger partial charge in [0, 0.05) is 42.7 Å². The number of likely N-dealkylation sites (tertiary alicyclic amines) is 1. The Bertz CT molecular complexity index is 1720. The lowest BCUT2D eigenvalue weighted by molar-refractivity contribution is -0.277. The summed E-state index contributed by atoms with van der Waals surface area (Å²) in [6, 6.07) is 31.7. The van der Waals surface area contributed by atoms with Crippen LogP contribution in [-0.2, 0) is 33.0 Å². The summed E-state index contributed by atoms with van der Waals surface area (Å²) in [5.74, 6) is 0.0491. The highest BCUT2D eigenvalue weighted by Crippen LogP contribution is 2.43. The maximum absolute atomic E-state index is 11.9. The number of aliphatic hydroxyl groups excluding tert-OH is 1. The molecule has 0 aliphatic carbocycles. The molecule has 3 N–H and O–H groups in total. The monoisotopic (exact) mass is 696 g/mol. The molecule has 4 aromatic rings. The average molecular weight is 697 g/mol. The number of benzene rings is 4. The van der Waals surface area contributed by atoms with Gasteiger partial charge in [0.15, 0.2) is 6.29 Å². The van der Waals surface area contributed by atoms with Crippen molar-refractivity contribution in [3.63, 3.8) is 0 Å². The summed E-state index contributed by atoms with van der Waals surface area (Å²) in [6.07, 6.45) is 1.37. The van der Waals surface area contributed by atoms with Crippen LogP contribution in [0.25, 0.3) is 11.1 Å². The van der Waals surface area contributed by atoms with Crippen LogP contribution in [0.5, 0.6) is 0 Å². The number of ether oxygens (including phenoxy) is 3. The summed E-state index contributed by atoms with van der Waals surface area (Å²) >= 11 is 6.10. The third-order valence-corrected chi connectivity index (χ3v) is 10.1. The zero-order chi connectivity index (χ0) is 35.1. The predicted octanol–water partition coefficient (Wildman–Crippen LogP) is 7.69. The zero-order valence-electron chi connectivity index (χ0n) is 28.3. The van der Waals surface area contributed by atoms with Crippen LogP contribution < -0.4 is 5.32 Å². The molecule has 9 heteroatoms. The molecule has 0 saturated carbocycles. The molecule has 262 valence electrons. The molecule has 2 heterocycles. The van der Waals surface area contributed by atoms with Crippen LogP contribution in [0.3, 0.4) is 0 Å². The van der Waals surface area contributed by atoms with E-state index in [0.29, 0.717) is 31.0 Å². The Morgan fingerprint density at radius 2 is 1.66 bits per heavy atom. The maximum atomic E-state index is 11.9. The number of halogens is 1. The predicted molar refractivity (Wildman–Crippen MR) is 194 cm³/mol. The van der Waals surface area contributed by atoms with E-state index in [-0.39, 0.29) is 31.3 Å². The van der Waals surface area contributed by atoms with Gasteiger partial charge in [0.2, 0.25) is 0 Å². The molecule has 6 rings (SSSR count). The van der Waals surface area contributed by atoms with Gasteiger partial charge in [0.25, 0.3) is 0 Å². The van der Waals surface area contributed by atoms with Crippen LogP contribution in [0.1, 0.15) is 60.0 Å². The van der Waals surface area contributed by atoms with Crippen molar-refractivity contribution in [2.24, 2.45) is 5.92 Å². The van der Waals surface area contributed by atoms with E-state index in [2.05, 4.69) is 35.9 Å². The van der Waals surface area contributed by atoms with Gasteiger partial charge < -0.3 is 34.6 Å². The van der Waals surface area contributed by atoms with Gasteiger partial charge in [-0.05, 0) is 64.4 Å². The molecule has 0 spiro atoms. The molecule has 0 radical (unpaired) electrons. The smallest absolute Gasteiger partial charge is 0.407 e. The summed E-state index contributed by atoms with van der Waals surface area (Å²) in [7, 11) is 0. The Kier molecular flexibility index (Phi) is 11.7. The maximum Gasteiger partial charge on any atom is 0.407 e. The van der Waals surface area contributed by atoms with Crippen LogP contribution in [0.4, 0.5) is 4.79 Å². The number of piperidine rings is 1. The second kappa shape index (κ2) is 16.3. The van der Waals surface area contributed by atoms with Crippen molar-refractivity contribution in [2.45, 2.75) is 57.0 Å². The van der Waals surface area contributed by atoms with Gasteiger partial charge in [-0.25, -0.2) is 4.79 Å².